The molecule has 1 fully saturated rings. The average molecular weight is 307 g/mol. The maximum absolute atomic E-state index is 12.2. The Kier molecular flexibility index (Phi) is 4.96. The van der Waals surface area contributed by atoms with Crippen LogP contribution in [0.25, 0.3) is 0 Å². The number of hydrogen-bond acceptors (Lipinski definition) is 4. The van der Waals surface area contributed by atoms with Crippen molar-refractivity contribution in [1.82, 2.24) is 4.90 Å². The molecule has 2 atom stereocenters. The van der Waals surface area contributed by atoms with Gasteiger partial charge in [0.25, 0.3) is 0 Å². The van der Waals surface area contributed by atoms with E-state index in [4.69, 9.17) is 9.47 Å². The predicted octanol–water partition coefficient (Wildman–Crippen LogP) is 2.64. The lowest BCUT2D eigenvalue weighted by molar-refractivity contribution is 0.0283. The molecule has 0 spiro atoms. The van der Waals surface area contributed by atoms with Crippen LogP contribution in [0.4, 0.5) is 4.79 Å². The minimum atomic E-state index is -0.510. The van der Waals surface area contributed by atoms with Crippen molar-refractivity contribution in [2.75, 3.05) is 26.8 Å². The number of carbonyl (C=O) groups excluding carboxylic acids is 1. The Morgan fingerprint density at radius 2 is 1.91 bits per heavy atom. The smallest absolute Gasteiger partial charge is 0.410 e. The highest BCUT2D eigenvalue weighted by Crippen LogP contribution is 2.34. The summed E-state index contributed by atoms with van der Waals surface area (Å²) >= 11 is 0. The zero-order valence-electron chi connectivity index (χ0n) is 13.7. The topological polar surface area (TPSA) is 59.0 Å². The fourth-order valence-electron chi connectivity index (χ4n) is 2.76. The Bertz CT molecular complexity index is 506. The van der Waals surface area contributed by atoms with Gasteiger partial charge in [-0.25, -0.2) is 4.79 Å². The second-order valence-electron chi connectivity index (χ2n) is 6.71. The molecule has 1 aliphatic rings. The van der Waals surface area contributed by atoms with Crippen LogP contribution >= 0.6 is 0 Å². The lowest BCUT2D eigenvalue weighted by Gasteiger charge is -2.24. The van der Waals surface area contributed by atoms with Gasteiger partial charge >= 0.3 is 6.09 Å². The van der Waals surface area contributed by atoms with Gasteiger partial charge < -0.3 is 19.5 Å². The first-order chi connectivity index (χ1) is 10.3. The Labute approximate surface area is 131 Å². The first-order valence-corrected chi connectivity index (χ1v) is 7.57. The molecule has 0 radical (unpaired) electrons. The Balaban J connectivity index is 2.10. The van der Waals surface area contributed by atoms with Gasteiger partial charge in [0, 0.05) is 31.5 Å². The highest BCUT2D eigenvalue weighted by molar-refractivity contribution is 5.68. The molecule has 0 bridgehead atoms. The molecule has 1 heterocycles. The number of aliphatic hydroxyl groups excluding tert-OH is 1. The average Bonchev–Trinajstić information content (AvgIpc) is 2.90. The van der Waals surface area contributed by atoms with Gasteiger partial charge in [0.05, 0.1) is 7.11 Å². The van der Waals surface area contributed by atoms with Gasteiger partial charge in [0.2, 0.25) is 0 Å². The number of hydrogen-bond donors (Lipinski definition) is 1. The molecular weight excluding hydrogens is 282 g/mol. The van der Waals surface area contributed by atoms with Crippen LogP contribution in [-0.4, -0.2) is 48.5 Å². The van der Waals surface area contributed by atoms with Crippen molar-refractivity contribution in [1.29, 1.82) is 0 Å². The minimum absolute atomic E-state index is 0.0286. The predicted molar refractivity (Wildman–Crippen MR) is 84.1 cm³/mol. The molecule has 1 aromatic rings. The quantitative estimate of drug-likeness (QED) is 0.932. The van der Waals surface area contributed by atoms with E-state index in [-0.39, 0.29) is 24.5 Å². The van der Waals surface area contributed by atoms with Crippen molar-refractivity contribution in [2.45, 2.75) is 32.3 Å². The molecular formula is C17H25NO4. The lowest BCUT2D eigenvalue weighted by atomic mass is 9.89. The summed E-state index contributed by atoms with van der Waals surface area (Å²) in [4.78, 5) is 13.9. The van der Waals surface area contributed by atoms with Crippen molar-refractivity contribution in [3.63, 3.8) is 0 Å². The molecule has 1 N–H and O–H groups in total. The second-order valence-corrected chi connectivity index (χ2v) is 6.71. The maximum Gasteiger partial charge on any atom is 0.410 e. The summed E-state index contributed by atoms with van der Waals surface area (Å²) in [6, 6.07) is 7.79. The third-order valence-corrected chi connectivity index (χ3v) is 3.87. The number of amides is 1. The zero-order valence-corrected chi connectivity index (χ0v) is 13.7. The van der Waals surface area contributed by atoms with E-state index in [2.05, 4.69) is 0 Å². The number of aliphatic hydroxyl groups is 1. The number of ether oxygens (including phenoxy) is 2. The Morgan fingerprint density at radius 3 is 2.41 bits per heavy atom. The van der Waals surface area contributed by atoms with E-state index >= 15 is 0 Å². The van der Waals surface area contributed by atoms with E-state index < -0.39 is 5.60 Å². The molecule has 5 heteroatoms. The molecule has 122 valence electrons. The number of carbonyl (C=O) groups is 1. The summed E-state index contributed by atoms with van der Waals surface area (Å²) in [6.07, 6.45) is -0.318. The van der Waals surface area contributed by atoms with Gasteiger partial charge in [-0.2, -0.15) is 0 Å². The van der Waals surface area contributed by atoms with Crippen molar-refractivity contribution >= 4 is 6.09 Å². The molecule has 0 unspecified atom stereocenters. The molecule has 5 nitrogen and oxygen atoms in total. The molecule has 0 aliphatic carbocycles. The van der Waals surface area contributed by atoms with Crippen LogP contribution in [0.15, 0.2) is 24.3 Å². The van der Waals surface area contributed by atoms with Crippen LogP contribution in [0.2, 0.25) is 0 Å². The Hall–Kier alpha value is -1.75. The summed E-state index contributed by atoms with van der Waals surface area (Å²) in [5.74, 6) is 0.940. The molecule has 1 amide bonds. The van der Waals surface area contributed by atoms with Gasteiger partial charge in [0.1, 0.15) is 11.4 Å². The fraction of sp³-hybridized carbons (Fsp3) is 0.588. The maximum atomic E-state index is 12.2. The number of nitrogens with zero attached hydrogens (tertiary/aromatic N) is 1. The molecule has 1 saturated heterocycles. The third kappa shape index (κ3) is 3.91. The first-order valence-electron chi connectivity index (χ1n) is 7.57. The van der Waals surface area contributed by atoms with E-state index in [1.165, 1.54) is 0 Å². The summed E-state index contributed by atoms with van der Waals surface area (Å²) in [5.41, 5.74) is 0.593. The highest BCUT2D eigenvalue weighted by Gasteiger charge is 2.37. The van der Waals surface area contributed by atoms with Crippen LogP contribution in [-0.2, 0) is 4.74 Å². The van der Waals surface area contributed by atoms with E-state index in [0.29, 0.717) is 13.1 Å². The number of likely N-dealkylation sites (tertiary alicyclic amines) is 1. The lowest BCUT2D eigenvalue weighted by Crippen LogP contribution is -2.35. The third-order valence-electron chi connectivity index (χ3n) is 3.87. The highest BCUT2D eigenvalue weighted by atomic mass is 16.6. The fourth-order valence-corrected chi connectivity index (χ4v) is 2.76. The van der Waals surface area contributed by atoms with Gasteiger partial charge in [-0.3, -0.25) is 0 Å². The van der Waals surface area contributed by atoms with Gasteiger partial charge in [-0.05, 0) is 38.5 Å². The minimum Gasteiger partial charge on any atom is -0.497 e. The normalized spacial score (nSPS) is 21.8. The Morgan fingerprint density at radius 1 is 1.27 bits per heavy atom. The van der Waals surface area contributed by atoms with E-state index in [0.717, 1.165) is 11.3 Å². The largest absolute Gasteiger partial charge is 0.497 e. The van der Waals surface area contributed by atoms with Crippen LogP contribution < -0.4 is 4.74 Å². The number of methoxy groups -OCH3 is 1. The van der Waals surface area contributed by atoms with Crippen LogP contribution in [0.3, 0.4) is 0 Å². The van der Waals surface area contributed by atoms with Crippen molar-refractivity contribution in [2.24, 2.45) is 5.92 Å². The number of benzene rings is 1. The molecule has 0 aromatic heterocycles. The van der Waals surface area contributed by atoms with Gasteiger partial charge in [-0.1, -0.05) is 12.1 Å². The standard InChI is InChI=1S/C17H25NO4/c1-17(2,3)22-16(20)18-9-13(11-19)15(10-18)12-5-7-14(21-4)8-6-12/h5-8,13,15,19H,9-11H2,1-4H3/t13-,15+/m1/s1. The summed E-state index contributed by atoms with van der Waals surface area (Å²) in [6.45, 7) is 6.69. The van der Waals surface area contributed by atoms with Crippen molar-refractivity contribution < 1.29 is 19.4 Å². The van der Waals surface area contributed by atoms with Crippen molar-refractivity contribution in [3.05, 3.63) is 29.8 Å². The first kappa shape index (κ1) is 16.6. The SMILES string of the molecule is COc1ccc([C@@H]2CN(C(=O)OC(C)(C)C)C[C@@H]2CO)cc1. The van der Waals surface area contributed by atoms with E-state index in [1.807, 2.05) is 45.0 Å². The molecule has 1 aromatic carbocycles. The van der Waals surface area contributed by atoms with Crippen LogP contribution in [0.1, 0.15) is 32.3 Å². The molecule has 0 saturated carbocycles. The molecule has 2 rings (SSSR count). The van der Waals surface area contributed by atoms with Gasteiger partial charge in [0.15, 0.2) is 0 Å². The van der Waals surface area contributed by atoms with Crippen LogP contribution in [0.5, 0.6) is 5.75 Å². The summed E-state index contributed by atoms with van der Waals surface area (Å²) in [7, 11) is 1.63. The monoisotopic (exact) mass is 307 g/mol. The molecule has 1 aliphatic heterocycles. The van der Waals surface area contributed by atoms with E-state index in [1.54, 1.807) is 12.0 Å². The van der Waals surface area contributed by atoms with E-state index in [9.17, 15) is 9.90 Å². The summed E-state index contributed by atoms with van der Waals surface area (Å²) < 4.78 is 10.6. The second kappa shape index (κ2) is 6.57. The summed E-state index contributed by atoms with van der Waals surface area (Å²) in [5, 5.41) is 9.63. The zero-order chi connectivity index (χ0) is 16.3. The van der Waals surface area contributed by atoms with Crippen LogP contribution in [0, 0.1) is 5.92 Å². The van der Waals surface area contributed by atoms with Gasteiger partial charge in [-0.15, -0.1) is 0 Å². The number of rotatable bonds is 3. The van der Waals surface area contributed by atoms with Crippen molar-refractivity contribution in [3.8, 4) is 5.75 Å². The molecule has 22 heavy (non-hydrogen) atoms.